The molecule has 1 N–H and O–H groups in total. The third-order valence-corrected chi connectivity index (χ3v) is 4.18. The first kappa shape index (κ1) is 13.6. The average Bonchev–Trinajstić information content (AvgIpc) is 2.75. The molecular weight excluding hydrogens is 312 g/mol. The van der Waals surface area contributed by atoms with Crippen LogP contribution in [0.1, 0.15) is 30.4 Å². The molecule has 0 amide bonds. The quantitative estimate of drug-likeness (QED) is 0.903. The number of rotatable bonds is 4. The number of halogens is 1. The van der Waals surface area contributed by atoms with Gasteiger partial charge in [-0.3, -0.25) is 0 Å². The Kier molecular flexibility index (Phi) is 4.43. The van der Waals surface area contributed by atoms with Gasteiger partial charge in [0.2, 0.25) is 0 Å². The lowest BCUT2D eigenvalue weighted by atomic mass is 10.1. The van der Waals surface area contributed by atoms with Crippen molar-refractivity contribution < 1.29 is 9.84 Å². The SMILES string of the molecule is CC(C)Oc1ccccc1C(O)c1cc(Br)cs1. The molecule has 96 valence electrons. The largest absolute Gasteiger partial charge is 0.491 e. The zero-order chi connectivity index (χ0) is 13.1. The van der Waals surface area contributed by atoms with Crippen LogP contribution >= 0.6 is 27.3 Å². The summed E-state index contributed by atoms with van der Waals surface area (Å²) < 4.78 is 6.72. The van der Waals surface area contributed by atoms with E-state index < -0.39 is 6.10 Å². The van der Waals surface area contributed by atoms with Crippen LogP contribution in [0.25, 0.3) is 0 Å². The van der Waals surface area contributed by atoms with E-state index in [-0.39, 0.29) is 6.10 Å². The molecule has 0 bridgehead atoms. The maximum atomic E-state index is 10.4. The smallest absolute Gasteiger partial charge is 0.125 e. The highest BCUT2D eigenvalue weighted by atomic mass is 79.9. The molecule has 1 aromatic heterocycles. The first-order chi connectivity index (χ1) is 8.58. The molecule has 4 heteroatoms. The van der Waals surface area contributed by atoms with Gasteiger partial charge in [-0.05, 0) is 41.9 Å². The van der Waals surface area contributed by atoms with Gasteiger partial charge in [-0.15, -0.1) is 11.3 Å². The number of ether oxygens (including phenoxy) is 1. The van der Waals surface area contributed by atoms with Gasteiger partial charge in [0, 0.05) is 20.3 Å². The van der Waals surface area contributed by atoms with Crippen molar-refractivity contribution in [3.8, 4) is 5.75 Å². The number of hydrogen-bond acceptors (Lipinski definition) is 3. The highest BCUT2D eigenvalue weighted by Gasteiger charge is 2.17. The van der Waals surface area contributed by atoms with Crippen LogP contribution in [0, 0.1) is 0 Å². The molecule has 18 heavy (non-hydrogen) atoms. The number of thiophene rings is 1. The fourth-order valence-electron chi connectivity index (χ4n) is 1.69. The third-order valence-electron chi connectivity index (χ3n) is 2.43. The molecule has 1 unspecified atom stereocenters. The van der Waals surface area contributed by atoms with Crippen molar-refractivity contribution in [2.24, 2.45) is 0 Å². The Morgan fingerprint density at radius 2 is 2.00 bits per heavy atom. The summed E-state index contributed by atoms with van der Waals surface area (Å²) in [6.45, 7) is 3.95. The summed E-state index contributed by atoms with van der Waals surface area (Å²) in [6.07, 6.45) is -0.551. The maximum Gasteiger partial charge on any atom is 0.125 e. The molecular formula is C14H15BrO2S. The van der Waals surface area contributed by atoms with Crippen molar-refractivity contribution in [1.29, 1.82) is 0 Å². The highest BCUT2D eigenvalue weighted by Crippen LogP contribution is 2.34. The van der Waals surface area contributed by atoms with E-state index in [2.05, 4.69) is 15.9 Å². The van der Waals surface area contributed by atoms with Crippen LogP contribution < -0.4 is 4.74 Å². The molecule has 0 aliphatic rings. The lowest BCUT2D eigenvalue weighted by molar-refractivity contribution is 0.200. The minimum Gasteiger partial charge on any atom is -0.491 e. The van der Waals surface area contributed by atoms with E-state index in [1.54, 1.807) is 0 Å². The molecule has 1 atom stereocenters. The summed E-state index contributed by atoms with van der Waals surface area (Å²) in [6, 6.07) is 9.55. The Balaban J connectivity index is 2.32. The lowest BCUT2D eigenvalue weighted by Crippen LogP contribution is -2.09. The summed E-state index contributed by atoms with van der Waals surface area (Å²) in [5, 5.41) is 12.4. The number of aliphatic hydroxyl groups excluding tert-OH is 1. The normalized spacial score (nSPS) is 12.7. The molecule has 1 heterocycles. The highest BCUT2D eigenvalue weighted by molar-refractivity contribution is 9.10. The van der Waals surface area contributed by atoms with Crippen molar-refractivity contribution in [1.82, 2.24) is 0 Å². The van der Waals surface area contributed by atoms with Gasteiger partial charge in [-0.1, -0.05) is 18.2 Å². The summed E-state index contributed by atoms with van der Waals surface area (Å²) in [5.74, 6) is 0.740. The predicted molar refractivity (Wildman–Crippen MR) is 78.3 cm³/mol. The lowest BCUT2D eigenvalue weighted by Gasteiger charge is -2.17. The van der Waals surface area contributed by atoms with E-state index in [0.717, 1.165) is 20.7 Å². The first-order valence-corrected chi connectivity index (χ1v) is 7.42. The van der Waals surface area contributed by atoms with E-state index in [1.807, 2.05) is 49.6 Å². The molecule has 0 aliphatic carbocycles. The van der Waals surface area contributed by atoms with Gasteiger partial charge in [0.25, 0.3) is 0 Å². The fourth-order valence-corrected chi connectivity index (χ4v) is 3.14. The number of para-hydroxylation sites is 1. The van der Waals surface area contributed by atoms with Gasteiger partial charge in [0.1, 0.15) is 11.9 Å². The third kappa shape index (κ3) is 3.13. The van der Waals surface area contributed by atoms with Gasteiger partial charge >= 0.3 is 0 Å². The molecule has 0 radical (unpaired) electrons. The summed E-state index contributed by atoms with van der Waals surface area (Å²) in [5.41, 5.74) is 0.806. The number of benzene rings is 1. The van der Waals surface area contributed by atoms with Crippen LogP contribution in [0.5, 0.6) is 5.75 Å². The van der Waals surface area contributed by atoms with Gasteiger partial charge in [0.05, 0.1) is 6.10 Å². The first-order valence-electron chi connectivity index (χ1n) is 5.75. The van der Waals surface area contributed by atoms with Crippen molar-refractivity contribution in [3.63, 3.8) is 0 Å². The standard InChI is InChI=1S/C14H15BrO2S/c1-9(2)17-12-6-4-3-5-11(12)14(16)13-7-10(15)8-18-13/h3-9,14,16H,1-2H3. The summed E-state index contributed by atoms with van der Waals surface area (Å²) >= 11 is 4.93. The molecule has 2 rings (SSSR count). The Labute approximate surface area is 119 Å². The zero-order valence-electron chi connectivity index (χ0n) is 10.3. The number of hydrogen-bond donors (Lipinski definition) is 1. The van der Waals surface area contributed by atoms with Crippen molar-refractivity contribution >= 4 is 27.3 Å². The van der Waals surface area contributed by atoms with Crippen molar-refractivity contribution in [3.05, 3.63) is 50.6 Å². The fraction of sp³-hybridized carbons (Fsp3) is 0.286. The Hall–Kier alpha value is -0.840. The second-order valence-corrected chi connectivity index (χ2v) is 6.13. The minimum absolute atomic E-state index is 0.0911. The van der Waals surface area contributed by atoms with Crippen LogP contribution in [-0.2, 0) is 0 Å². The van der Waals surface area contributed by atoms with E-state index in [1.165, 1.54) is 11.3 Å². The maximum absolute atomic E-state index is 10.4. The Morgan fingerprint density at radius 3 is 2.61 bits per heavy atom. The topological polar surface area (TPSA) is 29.5 Å². The van der Waals surface area contributed by atoms with Gasteiger partial charge in [-0.2, -0.15) is 0 Å². The van der Waals surface area contributed by atoms with Gasteiger partial charge in [-0.25, -0.2) is 0 Å². The van der Waals surface area contributed by atoms with Crippen LogP contribution in [-0.4, -0.2) is 11.2 Å². The molecule has 2 nitrogen and oxygen atoms in total. The second kappa shape index (κ2) is 5.87. The van der Waals surface area contributed by atoms with Gasteiger partial charge < -0.3 is 9.84 Å². The monoisotopic (exact) mass is 326 g/mol. The summed E-state index contributed by atoms with van der Waals surface area (Å²) in [4.78, 5) is 0.904. The Bertz CT molecular complexity index is 522. The molecule has 0 spiro atoms. The molecule has 0 saturated heterocycles. The van der Waals surface area contributed by atoms with Gasteiger partial charge in [0.15, 0.2) is 0 Å². The predicted octanol–water partition coefficient (Wildman–Crippen LogP) is 4.38. The van der Waals surface area contributed by atoms with Crippen LogP contribution in [0.4, 0.5) is 0 Å². The second-order valence-electron chi connectivity index (χ2n) is 4.27. The van der Waals surface area contributed by atoms with Crippen molar-refractivity contribution in [2.75, 3.05) is 0 Å². The Morgan fingerprint density at radius 1 is 1.28 bits per heavy atom. The van der Waals surface area contributed by atoms with E-state index >= 15 is 0 Å². The zero-order valence-corrected chi connectivity index (χ0v) is 12.7. The minimum atomic E-state index is -0.642. The molecule has 0 fully saturated rings. The van der Waals surface area contributed by atoms with Crippen molar-refractivity contribution in [2.45, 2.75) is 26.1 Å². The van der Waals surface area contributed by atoms with Crippen LogP contribution in [0.15, 0.2) is 40.2 Å². The molecule has 0 saturated carbocycles. The molecule has 2 aromatic rings. The van der Waals surface area contributed by atoms with Crippen LogP contribution in [0.3, 0.4) is 0 Å². The van der Waals surface area contributed by atoms with Crippen LogP contribution in [0.2, 0.25) is 0 Å². The molecule has 1 aromatic carbocycles. The molecule has 0 aliphatic heterocycles. The average molecular weight is 327 g/mol. The van der Waals surface area contributed by atoms with E-state index in [4.69, 9.17) is 4.74 Å². The van der Waals surface area contributed by atoms with E-state index in [0.29, 0.717) is 0 Å². The van der Waals surface area contributed by atoms with E-state index in [9.17, 15) is 5.11 Å². The summed E-state index contributed by atoms with van der Waals surface area (Å²) in [7, 11) is 0. The number of aliphatic hydroxyl groups is 1.